The quantitative estimate of drug-likeness (QED) is 0.822. The third kappa shape index (κ3) is 4.25. The summed E-state index contributed by atoms with van der Waals surface area (Å²) >= 11 is 0. The third-order valence-corrected chi connectivity index (χ3v) is 4.42. The number of ether oxygens (including phenoxy) is 1. The summed E-state index contributed by atoms with van der Waals surface area (Å²) in [5.41, 5.74) is 2.77. The lowest BCUT2D eigenvalue weighted by Gasteiger charge is -2.32. The third-order valence-electron chi connectivity index (χ3n) is 4.42. The topological polar surface area (TPSA) is 66.8 Å². The fourth-order valence-corrected chi connectivity index (χ4v) is 3.09. The Morgan fingerprint density at radius 3 is 2.56 bits per heavy atom. The number of fused-ring (bicyclic) bond motifs is 1. The first-order valence-corrected chi connectivity index (χ1v) is 8.35. The van der Waals surface area contributed by atoms with Crippen LogP contribution in [-0.4, -0.2) is 35.0 Å². The van der Waals surface area contributed by atoms with Gasteiger partial charge in [0.1, 0.15) is 0 Å². The first kappa shape index (κ1) is 17.2. The highest BCUT2D eigenvalue weighted by atomic mass is 16.5. The van der Waals surface area contributed by atoms with Crippen LogP contribution >= 0.6 is 0 Å². The summed E-state index contributed by atoms with van der Waals surface area (Å²) in [4.78, 5) is 25.6. The Morgan fingerprint density at radius 2 is 1.80 bits per heavy atom. The Kier molecular flexibility index (Phi) is 5.46. The van der Waals surface area contributed by atoms with Crippen molar-refractivity contribution in [2.75, 3.05) is 13.2 Å². The number of carboxylic acids is 1. The second kappa shape index (κ2) is 7.94. The van der Waals surface area contributed by atoms with E-state index in [1.807, 2.05) is 54.6 Å². The normalized spacial score (nSPS) is 16.3. The zero-order chi connectivity index (χ0) is 17.6. The van der Waals surface area contributed by atoms with Crippen molar-refractivity contribution in [3.8, 4) is 0 Å². The van der Waals surface area contributed by atoms with Gasteiger partial charge >= 0.3 is 5.97 Å². The maximum Gasteiger partial charge on any atom is 0.312 e. The minimum absolute atomic E-state index is 0.0752. The highest BCUT2D eigenvalue weighted by Crippen LogP contribution is 2.28. The van der Waals surface area contributed by atoms with Gasteiger partial charge in [-0.3, -0.25) is 9.59 Å². The van der Waals surface area contributed by atoms with Gasteiger partial charge in [0.05, 0.1) is 25.6 Å². The summed E-state index contributed by atoms with van der Waals surface area (Å²) in [5, 5.41) is 9.46. The van der Waals surface area contributed by atoms with E-state index >= 15 is 0 Å². The van der Waals surface area contributed by atoms with Gasteiger partial charge in [-0.1, -0.05) is 54.6 Å². The van der Waals surface area contributed by atoms with E-state index in [9.17, 15) is 14.7 Å². The molecule has 130 valence electrons. The molecule has 0 radical (unpaired) electrons. The molecule has 5 heteroatoms. The van der Waals surface area contributed by atoms with E-state index in [-0.39, 0.29) is 18.9 Å². The molecular weight excluding hydrogens is 318 g/mol. The van der Waals surface area contributed by atoms with Crippen LogP contribution in [-0.2, 0) is 27.5 Å². The number of carbonyl (C=O) groups excluding carboxylic acids is 1. The summed E-state index contributed by atoms with van der Waals surface area (Å²) in [6.45, 7) is 1.46. The van der Waals surface area contributed by atoms with E-state index in [0.717, 1.165) is 16.7 Å². The average Bonchev–Trinajstić information content (AvgIpc) is 2.64. The molecule has 0 spiro atoms. The smallest absolute Gasteiger partial charge is 0.312 e. The lowest BCUT2D eigenvalue weighted by molar-refractivity contribution is -0.141. The Morgan fingerprint density at radius 1 is 1.08 bits per heavy atom. The van der Waals surface area contributed by atoms with E-state index in [1.165, 1.54) is 0 Å². The van der Waals surface area contributed by atoms with Crippen molar-refractivity contribution >= 4 is 11.9 Å². The minimum Gasteiger partial charge on any atom is -0.481 e. The zero-order valence-corrected chi connectivity index (χ0v) is 13.9. The van der Waals surface area contributed by atoms with Gasteiger partial charge in [0.25, 0.3) is 0 Å². The second-order valence-corrected chi connectivity index (χ2v) is 6.15. The Labute approximate surface area is 146 Å². The lowest BCUT2D eigenvalue weighted by atomic mass is 9.89. The molecule has 0 aliphatic carbocycles. The molecule has 0 saturated heterocycles. The molecule has 1 N–H and O–H groups in total. The number of amides is 1. The van der Waals surface area contributed by atoms with Crippen LogP contribution < -0.4 is 0 Å². The van der Waals surface area contributed by atoms with Crippen molar-refractivity contribution in [3.05, 3.63) is 71.3 Å². The van der Waals surface area contributed by atoms with Crippen LogP contribution in [0.3, 0.4) is 0 Å². The van der Waals surface area contributed by atoms with E-state index in [0.29, 0.717) is 19.8 Å². The number of hydrogen-bond donors (Lipinski definition) is 1. The molecule has 1 unspecified atom stereocenters. The first-order valence-electron chi connectivity index (χ1n) is 8.35. The number of aliphatic carboxylic acids is 1. The molecule has 0 bridgehead atoms. The summed E-state index contributed by atoms with van der Waals surface area (Å²) in [7, 11) is 0. The highest BCUT2D eigenvalue weighted by molar-refractivity contribution is 5.81. The summed E-state index contributed by atoms with van der Waals surface area (Å²) in [5.74, 6) is -1.64. The minimum atomic E-state index is -0.898. The van der Waals surface area contributed by atoms with Crippen LogP contribution in [0, 0.1) is 0 Å². The molecule has 2 aromatic carbocycles. The van der Waals surface area contributed by atoms with Crippen molar-refractivity contribution in [2.24, 2.45) is 0 Å². The maximum absolute atomic E-state index is 12.4. The fourth-order valence-electron chi connectivity index (χ4n) is 3.09. The van der Waals surface area contributed by atoms with Gasteiger partial charge in [0.2, 0.25) is 5.91 Å². The molecule has 5 nitrogen and oxygen atoms in total. The van der Waals surface area contributed by atoms with E-state index in [1.54, 1.807) is 4.90 Å². The zero-order valence-electron chi connectivity index (χ0n) is 13.9. The van der Waals surface area contributed by atoms with Crippen LogP contribution in [0.2, 0.25) is 0 Å². The standard InChI is InChI=1S/C20H21NO4/c22-19(10-11-25-14-15-6-2-1-3-7-15)21-12-16-8-4-5-9-17(16)18(13-21)20(23)24/h1-9,18H,10-14H2,(H,23,24). The van der Waals surface area contributed by atoms with E-state index < -0.39 is 11.9 Å². The molecule has 1 aliphatic heterocycles. The second-order valence-electron chi connectivity index (χ2n) is 6.15. The number of rotatable bonds is 6. The molecular formula is C20H21NO4. The number of carbonyl (C=O) groups is 2. The predicted molar refractivity (Wildman–Crippen MR) is 93.0 cm³/mol. The first-order chi connectivity index (χ1) is 12.1. The lowest BCUT2D eigenvalue weighted by Crippen LogP contribution is -2.40. The van der Waals surface area contributed by atoms with Gasteiger partial charge in [0, 0.05) is 13.1 Å². The van der Waals surface area contributed by atoms with Gasteiger partial charge in [-0.25, -0.2) is 0 Å². The Balaban J connectivity index is 1.55. The maximum atomic E-state index is 12.4. The van der Waals surface area contributed by atoms with Gasteiger partial charge in [0.15, 0.2) is 0 Å². The number of hydrogen-bond acceptors (Lipinski definition) is 3. The van der Waals surface area contributed by atoms with Crippen molar-refractivity contribution in [2.45, 2.75) is 25.5 Å². The van der Waals surface area contributed by atoms with E-state index in [2.05, 4.69) is 0 Å². The van der Waals surface area contributed by atoms with Crippen LogP contribution in [0.15, 0.2) is 54.6 Å². The van der Waals surface area contributed by atoms with Gasteiger partial charge in [-0.2, -0.15) is 0 Å². The van der Waals surface area contributed by atoms with Gasteiger partial charge < -0.3 is 14.7 Å². The molecule has 3 rings (SSSR count). The van der Waals surface area contributed by atoms with Crippen LogP contribution in [0.1, 0.15) is 29.0 Å². The number of benzene rings is 2. The molecule has 0 fully saturated rings. The molecule has 1 amide bonds. The SMILES string of the molecule is O=C(O)C1CN(C(=O)CCOCc2ccccc2)Cc2ccccc21. The largest absolute Gasteiger partial charge is 0.481 e. The van der Waals surface area contributed by atoms with Crippen molar-refractivity contribution < 1.29 is 19.4 Å². The van der Waals surface area contributed by atoms with Crippen molar-refractivity contribution in [1.82, 2.24) is 4.90 Å². The Hall–Kier alpha value is -2.66. The van der Waals surface area contributed by atoms with Gasteiger partial charge in [-0.15, -0.1) is 0 Å². The number of nitrogens with zero attached hydrogens (tertiary/aromatic N) is 1. The predicted octanol–water partition coefficient (Wildman–Crippen LogP) is 2.80. The Bertz CT molecular complexity index is 744. The van der Waals surface area contributed by atoms with E-state index in [4.69, 9.17) is 4.74 Å². The molecule has 0 aromatic heterocycles. The van der Waals surface area contributed by atoms with Crippen molar-refractivity contribution in [1.29, 1.82) is 0 Å². The molecule has 2 aromatic rings. The monoisotopic (exact) mass is 339 g/mol. The summed E-state index contributed by atoms with van der Waals surface area (Å²) in [6, 6.07) is 17.2. The number of carboxylic acid groups (broad SMARTS) is 1. The summed E-state index contributed by atoms with van der Waals surface area (Å²) in [6.07, 6.45) is 0.251. The molecule has 1 aliphatic rings. The van der Waals surface area contributed by atoms with Crippen LogP contribution in [0.4, 0.5) is 0 Å². The highest BCUT2D eigenvalue weighted by Gasteiger charge is 2.32. The van der Waals surface area contributed by atoms with Crippen LogP contribution in [0.5, 0.6) is 0 Å². The molecule has 25 heavy (non-hydrogen) atoms. The van der Waals surface area contributed by atoms with Crippen molar-refractivity contribution in [3.63, 3.8) is 0 Å². The average molecular weight is 339 g/mol. The molecule has 1 atom stereocenters. The van der Waals surface area contributed by atoms with Gasteiger partial charge in [-0.05, 0) is 16.7 Å². The molecule has 0 saturated carbocycles. The fraction of sp³-hybridized carbons (Fsp3) is 0.300. The molecule has 1 heterocycles. The van der Waals surface area contributed by atoms with Crippen LogP contribution in [0.25, 0.3) is 0 Å². The summed E-state index contributed by atoms with van der Waals surface area (Å²) < 4.78 is 5.56.